The highest BCUT2D eigenvalue weighted by atomic mass is 35.5. The molecule has 2 rings (SSSR count). The molecule has 0 saturated carbocycles. The number of nitrogens with one attached hydrogen (secondary N) is 1. The summed E-state index contributed by atoms with van der Waals surface area (Å²) in [6, 6.07) is 10.3. The van der Waals surface area contributed by atoms with Gasteiger partial charge in [-0.2, -0.15) is 0 Å². The first kappa shape index (κ1) is 20.5. The molecule has 0 bridgehead atoms. The Morgan fingerprint density at radius 1 is 1.15 bits per heavy atom. The molecule has 0 saturated heterocycles. The van der Waals surface area contributed by atoms with Crippen molar-refractivity contribution in [2.24, 2.45) is 0 Å². The Morgan fingerprint density at radius 3 is 2.48 bits per heavy atom. The molecule has 0 aliphatic heterocycles. The predicted octanol–water partition coefficient (Wildman–Crippen LogP) is 3.83. The number of carbonyl (C=O) groups is 2. The lowest BCUT2D eigenvalue weighted by Crippen LogP contribution is -2.31. The first-order valence-corrected chi connectivity index (χ1v) is 8.58. The molecule has 0 fully saturated rings. The van der Waals surface area contributed by atoms with Gasteiger partial charge in [0.1, 0.15) is 17.3 Å². The van der Waals surface area contributed by atoms with Gasteiger partial charge >= 0.3 is 5.97 Å². The molecular weight excluding hydrogens is 377 g/mol. The van der Waals surface area contributed by atoms with Crippen LogP contribution in [0.2, 0.25) is 5.02 Å². The van der Waals surface area contributed by atoms with E-state index in [4.69, 9.17) is 25.8 Å². The molecule has 0 radical (unpaired) electrons. The fourth-order valence-electron chi connectivity index (χ4n) is 2.06. The molecule has 0 aromatic heterocycles. The summed E-state index contributed by atoms with van der Waals surface area (Å²) in [6.07, 6.45) is -1.03. The molecule has 0 aliphatic rings. The van der Waals surface area contributed by atoms with Crippen molar-refractivity contribution >= 4 is 29.2 Å². The zero-order chi connectivity index (χ0) is 19.8. The Labute approximate surface area is 161 Å². The molecule has 1 amide bonds. The second kappa shape index (κ2) is 9.78. The van der Waals surface area contributed by atoms with E-state index in [1.807, 2.05) is 6.92 Å². The van der Waals surface area contributed by atoms with Crippen LogP contribution in [0, 0.1) is 5.82 Å². The molecule has 0 heterocycles. The van der Waals surface area contributed by atoms with Gasteiger partial charge < -0.3 is 19.5 Å². The number of benzene rings is 2. The van der Waals surface area contributed by atoms with Crippen LogP contribution in [-0.2, 0) is 14.3 Å². The van der Waals surface area contributed by atoms with E-state index in [1.165, 1.54) is 13.0 Å². The van der Waals surface area contributed by atoms with Crippen molar-refractivity contribution in [1.29, 1.82) is 0 Å². The molecule has 0 aliphatic carbocycles. The zero-order valence-electron chi connectivity index (χ0n) is 14.8. The minimum atomic E-state index is -1.03. The third-order valence-electron chi connectivity index (χ3n) is 3.35. The van der Waals surface area contributed by atoms with Gasteiger partial charge in [0.05, 0.1) is 11.6 Å². The SMILES string of the molecule is CCOc1ccc(NC(=O)[C@H](C)OC(=O)COc2ccc(F)cc2Cl)cc1. The van der Waals surface area contributed by atoms with Crippen LogP contribution < -0.4 is 14.8 Å². The Morgan fingerprint density at radius 2 is 1.85 bits per heavy atom. The number of halogens is 2. The van der Waals surface area contributed by atoms with Crippen LogP contribution in [0.25, 0.3) is 0 Å². The normalized spacial score (nSPS) is 11.4. The number of anilines is 1. The van der Waals surface area contributed by atoms with Crippen molar-refractivity contribution < 1.29 is 28.2 Å². The minimum Gasteiger partial charge on any atom is -0.494 e. The van der Waals surface area contributed by atoms with Gasteiger partial charge in [0.25, 0.3) is 5.91 Å². The number of rotatable bonds is 8. The van der Waals surface area contributed by atoms with Gasteiger partial charge in [-0.15, -0.1) is 0 Å². The first-order chi connectivity index (χ1) is 12.9. The molecule has 0 unspecified atom stereocenters. The van der Waals surface area contributed by atoms with Gasteiger partial charge in [0.2, 0.25) is 0 Å². The highest BCUT2D eigenvalue weighted by Crippen LogP contribution is 2.24. The fraction of sp³-hybridized carbons (Fsp3) is 0.263. The first-order valence-electron chi connectivity index (χ1n) is 8.20. The minimum absolute atomic E-state index is 0.0316. The standard InChI is InChI=1S/C19H19ClFNO5/c1-3-25-15-7-5-14(6-8-15)22-19(24)12(2)27-18(23)11-26-17-9-4-13(21)10-16(17)20/h4-10,12H,3,11H2,1-2H3,(H,22,24)/t12-/m0/s1. The van der Waals surface area contributed by atoms with E-state index in [0.717, 1.165) is 12.1 Å². The Kier molecular flexibility index (Phi) is 7.43. The number of carbonyl (C=O) groups excluding carboxylic acids is 2. The number of amides is 1. The van der Waals surface area contributed by atoms with E-state index >= 15 is 0 Å². The maximum absolute atomic E-state index is 13.0. The van der Waals surface area contributed by atoms with Gasteiger partial charge in [-0.05, 0) is 56.3 Å². The molecule has 8 heteroatoms. The lowest BCUT2D eigenvalue weighted by Gasteiger charge is -2.14. The summed E-state index contributed by atoms with van der Waals surface area (Å²) in [5.74, 6) is -0.945. The van der Waals surface area contributed by atoms with E-state index in [1.54, 1.807) is 24.3 Å². The smallest absolute Gasteiger partial charge is 0.344 e. The summed E-state index contributed by atoms with van der Waals surface area (Å²) >= 11 is 5.80. The summed E-state index contributed by atoms with van der Waals surface area (Å²) in [5.41, 5.74) is 0.542. The Balaban J connectivity index is 1.81. The molecule has 0 spiro atoms. The quantitative estimate of drug-likeness (QED) is 0.688. The van der Waals surface area contributed by atoms with Gasteiger partial charge in [-0.1, -0.05) is 11.6 Å². The molecule has 144 valence electrons. The highest BCUT2D eigenvalue weighted by Gasteiger charge is 2.18. The van der Waals surface area contributed by atoms with Crippen LogP contribution in [0.5, 0.6) is 11.5 Å². The van der Waals surface area contributed by atoms with E-state index in [9.17, 15) is 14.0 Å². The summed E-state index contributed by atoms with van der Waals surface area (Å²) in [6.45, 7) is 3.39. The monoisotopic (exact) mass is 395 g/mol. The molecule has 27 heavy (non-hydrogen) atoms. The summed E-state index contributed by atoms with van der Waals surface area (Å²) in [7, 11) is 0. The lowest BCUT2D eigenvalue weighted by molar-refractivity contribution is -0.155. The number of hydrogen-bond acceptors (Lipinski definition) is 5. The maximum atomic E-state index is 13.0. The average molecular weight is 396 g/mol. The zero-order valence-corrected chi connectivity index (χ0v) is 15.6. The van der Waals surface area contributed by atoms with Crippen LogP contribution >= 0.6 is 11.6 Å². The average Bonchev–Trinajstić information content (AvgIpc) is 2.62. The molecule has 1 N–H and O–H groups in total. The number of ether oxygens (including phenoxy) is 3. The van der Waals surface area contributed by atoms with Gasteiger partial charge in [-0.25, -0.2) is 9.18 Å². The summed E-state index contributed by atoms with van der Waals surface area (Å²) in [5, 5.41) is 2.66. The molecule has 2 aromatic rings. The molecule has 2 aromatic carbocycles. The van der Waals surface area contributed by atoms with Gasteiger partial charge in [0, 0.05) is 5.69 Å². The van der Waals surface area contributed by atoms with E-state index in [2.05, 4.69) is 5.32 Å². The van der Waals surface area contributed by atoms with Crippen molar-refractivity contribution in [2.45, 2.75) is 20.0 Å². The lowest BCUT2D eigenvalue weighted by atomic mass is 10.3. The van der Waals surface area contributed by atoms with E-state index < -0.39 is 30.4 Å². The van der Waals surface area contributed by atoms with Gasteiger partial charge in [-0.3, -0.25) is 4.79 Å². The van der Waals surface area contributed by atoms with Crippen molar-refractivity contribution in [1.82, 2.24) is 0 Å². The van der Waals surface area contributed by atoms with Crippen LogP contribution in [0.4, 0.5) is 10.1 Å². The largest absolute Gasteiger partial charge is 0.494 e. The Bertz CT molecular complexity index is 797. The second-order valence-corrected chi connectivity index (χ2v) is 5.85. The van der Waals surface area contributed by atoms with Crippen LogP contribution in [0.3, 0.4) is 0 Å². The third-order valence-corrected chi connectivity index (χ3v) is 3.65. The fourth-order valence-corrected chi connectivity index (χ4v) is 2.28. The van der Waals surface area contributed by atoms with Crippen molar-refractivity contribution in [3.63, 3.8) is 0 Å². The second-order valence-electron chi connectivity index (χ2n) is 5.44. The highest BCUT2D eigenvalue weighted by molar-refractivity contribution is 6.32. The van der Waals surface area contributed by atoms with Crippen LogP contribution in [0.1, 0.15) is 13.8 Å². The Hall–Kier alpha value is -2.80. The summed E-state index contributed by atoms with van der Waals surface area (Å²) in [4.78, 5) is 23.9. The molecule has 1 atom stereocenters. The predicted molar refractivity (Wildman–Crippen MR) is 98.7 cm³/mol. The summed E-state index contributed by atoms with van der Waals surface area (Å²) < 4.78 is 28.5. The van der Waals surface area contributed by atoms with Crippen molar-refractivity contribution in [3.8, 4) is 11.5 Å². The van der Waals surface area contributed by atoms with E-state index in [-0.39, 0.29) is 10.8 Å². The maximum Gasteiger partial charge on any atom is 0.344 e. The molecular formula is C19H19ClFNO5. The van der Waals surface area contributed by atoms with Crippen LogP contribution in [-0.4, -0.2) is 31.2 Å². The molecule has 6 nitrogen and oxygen atoms in total. The van der Waals surface area contributed by atoms with Crippen LogP contribution in [0.15, 0.2) is 42.5 Å². The van der Waals surface area contributed by atoms with Crippen molar-refractivity contribution in [2.75, 3.05) is 18.5 Å². The number of hydrogen-bond donors (Lipinski definition) is 1. The van der Waals surface area contributed by atoms with Crippen molar-refractivity contribution in [3.05, 3.63) is 53.3 Å². The van der Waals surface area contributed by atoms with E-state index in [0.29, 0.717) is 18.0 Å². The van der Waals surface area contributed by atoms with Gasteiger partial charge in [0.15, 0.2) is 12.7 Å². The third kappa shape index (κ3) is 6.45. The topological polar surface area (TPSA) is 73.9 Å². The number of esters is 1.